The van der Waals surface area contributed by atoms with Crippen LogP contribution in [0.3, 0.4) is 0 Å². The van der Waals surface area contributed by atoms with Crippen LogP contribution in [0.1, 0.15) is 12.0 Å². The molecule has 0 radical (unpaired) electrons. The van der Waals surface area contributed by atoms with Gasteiger partial charge in [0, 0.05) is 9.80 Å². The zero-order valence-corrected chi connectivity index (χ0v) is 10.7. The minimum atomic E-state index is 0.924. The lowest BCUT2D eigenvalue weighted by molar-refractivity contribution is 0.414. The van der Waals surface area contributed by atoms with Crippen molar-refractivity contribution in [2.45, 2.75) is 12.8 Å². The number of rotatable bonds is 4. The second-order valence-corrected chi connectivity index (χ2v) is 4.40. The van der Waals surface area contributed by atoms with Gasteiger partial charge >= 0.3 is 0 Å². The molecule has 0 spiro atoms. The zero-order chi connectivity index (χ0) is 9.68. The normalized spacial score (nSPS) is 10.1. The van der Waals surface area contributed by atoms with E-state index in [0.717, 1.165) is 28.4 Å². The van der Waals surface area contributed by atoms with Gasteiger partial charge in [-0.25, -0.2) is 0 Å². The van der Waals surface area contributed by atoms with E-state index in [0.29, 0.717) is 0 Å². The predicted molar refractivity (Wildman–Crippen MR) is 62.8 cm³/mol. The lowest BCUT2D eigenvalue weighted by Gasteiger charge is -2.05. The van der Waals surface area contributed by atoms with Gasteiger partial charge in [0.15, 0.2) is 0 Å². The van der Waals surface area contributed by atoms with Gasteiger partial charge in [-0.15, -0.1) is 0 Å². The monoisotopic (exact) mass is 306 g/mol. The standard InChI is InChI=1S/C10H12Br2O/c1-13-9-4-5-10(12)8(7-9)3-2-6-11/h4-5,7H,2-3,6H2,1H3. The first-order valence-corrected chi connectivity index (χ1v) is 6.07. The van der Waals surface area contributed by atoms with Crippen molar-refractivity contribution in [2.24, 2.45) is 0 Å². The highest BCUT2D eigenvalue weighted by atomic mass is 79.9. The Morgan fingerprint density at radius 1 is 1.38 bits per heavy atom. The molecule has 0 aliphatic carbocycles. The molecule has 1 aromatic carbocycles. The van der Waals surface area contributed by atoms with Crippen molar-refractivity contribution < 1.29 is 4.74 Å². The Hall–Kier alpha value is -0.0200. The Kier molecular flexibility index (Phi) is 4.81. The highest BCUT2D eigenvalue weighted by molar-refractivity contribution is 9.10. The Morgan fingerprint density at radius 3 is 2.77 bits per heavy atom. The molecule has 0 aliphatic rings. The molecule has 1 nitrogen and oxygen atoms in total. The molecule has 72 valence electrons. The Bertz CT molecular complexity index is 274. The van der Waals surface area contributed by atoms with Gasteiger partial charge in [0.05, 0.1) is 7.11 Å². The van der Waals surface area contributed by atoms with Crippen LogP contribution in [0.5, 0.6) is 5.75 Å². The van der Waals surface area contributed by atoms with Crippen molar-refractivity contribution in [1.82, 2.24) is 0 Å². The molecular formula is C10H12Br2O. The summed E-state index contributed by atoms with van der Waals surface area (Å²) in [7, 11) is 1.69. The van der Waals surface area contributed by atoms with Crippen molar-refractivity contribution in [1.29, 1.82) is 0 Å². The van der Waals surface area contributed by atoms with E-state index < -0.39 is 0 Å². The molecular weight excluding hydrogens is 296 g/mol. The third-order valence-corrected chi connectivity index (χ3v) is 3.17. The minimum Gasteiger partial charge on any atom is -0.497 e. The fourth-order valence-corrected chi connectivity index (χ4v) is 1.85. The number of alkyl halides is 1. The second kappa shape index (κ2) is 5.66. The third kappa shape index (κ3) is 3.31. The molecule has 0 bridgehead atoms. The van der Waals surface area contributed by atoms with E-state index in [9.17, 15) is 0 Å². The third-order valence-electron chi connectivity index (χ3n) is 1.83. The van der Waals surface area contributed by atoms with Crippen LogP contribution in [0, 0.1) is 0 Å². The van der Waals surface area contributed by atoms with Crippen LogP contribution in [0.25, 0.3) is 0 Å². The van der Waals surface area contributed by atoms with Crippen molar-refractivity contribution in [3.05, 3.63) is 28.2 Å². The molecule has 0 saturated heterocycles. The van der Waals surface area contributed by atoms with Crippen LogP contribution in [0.4, 0.5) is 0 Å². The van der Waals surface area contributed by atoms with E-state index in [-0.39, 0.29) is 0 Å². The lowest BCUT2D eigenvalue weighted by atomic mass is 10.1. The van der Waals surface area contributed by atoms with Crippen LogP contribution < -0.4 is 4.74 Å². The van der Waals surface area contributed by atoms with Gasteiger partial charge in [-0.2, -0.15) is 0 Å². The Labute approximate surface area is 95.7 Å². The van der Waals surface area contributed by atoms with Crippen molar-refractivity contribution in [3.63, 3.8) is 0 Å². The molecule has 3 heteroatoms. The van der Waals surface area contributed by atoms with Crippen LogP contribution in [0.2, 0.25) is 0 Å². The van der Waals surface area contributed by atoms with Crippen molar-refractivity contribution >= 4 is 31.9 Å². The molecule has 1 rings (SSSR count). The van der Waals surface area contributed by atoms with E-state index in [1.165, 1.54) is 5.56 Å². The second-order valence-electron chi connectivity index (χ2n) is 2.75. The maximum atomic E-state index is 5.16. The molecule has 1 aromatic rings. The smallest absolute Gasteiger partial charge is 0.119 e. The molecule has 0 unspecified atom stereocenters. The average molecular weight is 308 g/mol. The Balaban J connectivity index is 2.78. The highest BCUT2D eigenvalue weighted by Crippen LogP contribution is 2.23. The summed E-state index contributed by atoms with van der Waals surface area (Å²) in [6.07, 6.45) is 2.22. The first kappa shape index (κ1) is 11.1. The van der Waals surface area contributed by atoms with Gasteiger partial charge in [-0.3, -0.25) is 0 Å². The summed E-state index contributed by atoms with van der Waals surface area (Å²) in [5.74, 6) is 0.924. The number of ether oxygens (including phenoxy) is 1. The van der Waals surface area contributed by atoms with Crippen molar-refractivity contribution in [2.75, 3.05) is 12.4 Å². The number of benzene rings is 1. The largest absolute Gasteiger partial charge is 0.497 e. The summed E-state index contributed by atoms with van der Waals surface area (Å²) in [6.45, 7) is 0. The van der Waals surface area contributed by atoms with Crippen molar-refractivity contribution in [3.8, 4) is 5.75 Å². The number of methoxy groups -OCH3 is 1. The van der Waals surface area contributed by atoms with Gasteiger partial charge in [0.1, 0.15) is 5.75 Å². The maximum Gasteiger partial charge on any atom is 0.119 e. The molecule has 0 N–H and O–H groups in total. The number of halogens is 2. The van der Waals surface area contributed by atoms with Crippen LogP contribution in [-0.4, -0.2) is 12.4 Å². The maximum absolute atomic E-state index is 5.16. The molecule has 0 saturated carbocycles. The van der Waals surface area contributed by atoms with E-state index in [2.05, 4.69) is 37.9 Å². The van der Waals surface area contributed by atoms with Crippen LogP contribution in [-0.2, 0) is 6.42 Å². The number of hydrogen-bond acceptors (Lipinski definition) is 1. The zero-order valence-electron chi connectivity index (χ0n) is 7.52. The summed E-state index contributed by atoms with van der Waals surface area (Å²) >= 11 is 6.94. The lowest BCUT2D eigenvalue weighted by Crippen LogP contribution is -1.90. The summed E-state index contributed by atoms with van der Waals surface area (Å²) in [6, 6.07) is 6.07. The van der Waals surface area contributed by atoms with E-state index in [1.807, 2.05) is 12.1 Å². The molecule has 0 heterocycles. The Morgan fingerprint density at radius 2 is 2.15 bits per heavy atom. The van der Waals surface area contributed by atoms with E-state index >= 15 is 0 Å². The summed E-state index contributed by atoms with van der Waals surface area (Å²) in [5.41, 5.74) is 1.30. The van der Waals surface area contributed by atoms with Gasteiger partial charge < -0.3 is 4.74 Å². The number of hydrogen-bond donors (Lipinski definition) is 0. The fourth-order valence-electron chi connectivity index (χ4n) is 1.13. The first-order chi connectivity index (χ1) is 6.27. The van der Waals surface area contributed by atoms with Crippen LogP contribution >= 0.6 is 31.9 Å². The van der Waals surface area contributed by atoms with Gasteiger partial charge in [0.25, 0.3) is 0 Å². The number of aryl methyl sites for hydroxylation is 1. The first-order valence-electron chi connectivity index (χ1n) is 4.16. The summed E-state index contributed by atoms with van der Waals surface area (Å²) in [4.78, 5) is 0. The molecule has 0 fully saturated rings. The quantitative estimate of drug-likeness (QED) is 0.769. The fraction of sp³-hybridized carbons (Fsp3) is 0.400. The average Bonchev–Trinajstić information content (AvgIpc) is 2.17. The highest BCUT2D eigenvalue weighted by Gasteiger charge is 2.01. The van der Waals surface area contributed by atoms with E-state index in [4.69, 9.17) is 4.74 Å². The minimum absolute atomic E-state index is 0.924. The molecule has 13 heavy (non-hydrogen) atoms. The topological polar surface area (TPSA) is 9.23 Å². The predicted octanol–water partition coefficient (Wildman–Crippen LogP) is 3.79. The molecule has 0 aromatic heterocycles. The van der Waals surface area contributed by atoms with Gasteiger partial charge in [-0.05, 0) is 36.6 Å². The van der Waals surface area contributed by atoms with Gasteiger partial charge in [-0.1, -0.05) is 31.9 Å². The van der Waals surface area contributed by atoms with E-state index in [1.54, 1.807) is 7.11 Å². The van der Waals surface area contributed by atoms with Gasteiger partial charge in [0.2, 0.25) is 0 Å². The van der Waals surface area contributed by atoms with Crippen LogP contribution in [0.15, 0.2) is 22.7 Å². The summed E-state index contributed by atoms with van der Waals surface area (Å²) in [5, 5.41) is 1.04. The molecule has 0 atom stereocenters. The molecule has 0 amide bonds. The summed E-state index contributed by atoms with van der Waals surface area (Å²) < 4.78 is 6.32. The SMILES string of the molecule is COc1ccc(Br)c(CCCBr)c1. The molecule has 0 aliphatic heterocycles.